The molecule has 8 heterocycles. The van der Waals surface area contributed by atoms with Gasteiger partial charge in [-0.05, 0) is 104 Å². The second-order valence-electron chi connectivity index (χ2n) is 18.2. The number of hydrogen-bond acceptors (Lipinski definition) is 24. The molecule has 0 fully saturated rings. The molecule has 0 amide bonds. The molecular formula is C40H66ClIN8O16S12. The van der Waals surface area contributed by atoms with Crippen LogP contribution in [0.2, 0.25) is 0 Å². The highest BCUT2D eigenvalue weighted by Gasteiger charge is 2.43. The monoisotopic (exact) mass is 1460 g/mol. The van der Waals surface area contributed by atoms with Crippen molar-refractivity contribution in [3.8, 4) is 0 Å². The van der Waals surface area contributed by atoms with Gasteiger partial charge in [0.1, 0.15) is 33.7 Å². The summed E-state index contributed by atoms with van der Waals surface area (Å²) in [4.78, 5) is 0. The molecule has 78 heavy (non-hydrogen) atoms. The van der Waals surface area contributed by atoms with Gasteiger partial charge in [-0.1, -0.05) is 27.7 Å². The van der Waals surface area contributed by atoms with Crippen LogP contribution < -0.4 is 41.8 Å². The molecule has 0 aliphatic carbocycles. The summed E-state index contributed by atoms with van der Waals surface area (Å²) >= 11 is 2.97. The number of sulfonamides is 4. The number of nitrogens with two attached hydrogens (primary N) is 4. The van der Waals surface area contributed by atoms with Crippen molar-refractivity contribution in [2.75, 3.05) is 26.2 Å². The molecule has 4 aromatic rings. The highest BCUT2D eigenvalue weighted by molar-refractivity contribution is 14.0. The third-order valence-electron chi connectivity index (χ3n) is 12.7. The number of sulfone groups is 4. The molecular weight excluding hydrogens is 1400 g/mol. The van der Waals surface area contributed by atoms with Crippen LogP contribution in [0.5, 0.6) is 0 Å². The van der Waals surface area contributed by atoms with Crippen LogP contribution in [0.4, 0.5) is 0 Å². The number of halogens is 2. The maximum atomic E-state index is 12.2. The molecule has 12 N–H and O–H groups in total. The smallest absolute Gasteiger partial charge is 0.247 e. The highest BCUT2D eigenvalue weighted by atomic mass is 127. The van der Waals surface area contributed by atoms with Crippen molar-refractivity contribution in [1.82, 2.24) is 21.3 Å². The van der Waals surface area contributed by atoms with Gasteiger partial charge in [-0.15, -0.1) is 81.7 Å². The van der Waals surface area contributed by atoms with E-state index in [2.05, 4.69) is 21.3 Å². The summed E-state index contributed by atoms with van der Waals surface area (Å²) in [5, 5.41) is 30.9. The zero-order valence-corrected chi connectivity index (χ0v) is 56.1. The second kappa shape index (κ2) is 26.6. The van der Waals surface area contributed by atoms with Crippen molar-refractivity contribution in [2.45, 2.75) is 160 Å². The Labute approximate surface area is 497 Å². The molecule has 38 heteroatoms. The first kappa shape index (κ1) is 71.4. The Morgan fingerprint density at radius 1 is 0.397 bits per heavy atom. The van der Waals surface area contributed by atoms with E-state index in [-0.39, 0.29) is 94.2 Å². The second-order valence-corrected chi connectivity index (χ2v) is 39.8. The first-order valence-corrected chi connectivity index (χ1v) is 38.9. The summed E-state index contributed by atoms with van der Waals surface area (Å²) in [7, 11) is -29.3. The van der Waals surface area contributed by atoms with Gasteiger partial charge in [0.05, 0.1) is 21.0 Å². The molecule has 0 saturated heterocycles. The van der Waals surface area contributed by atoms with Crippen molar-refractivity contribution >= 4 is 161 Å². The summed E-state index contributed by atoms with van der Waals surface area (Å²) in [5.74, 6) is 0. The van der Waals surface area contributed by atoms with Gasteiger partial charge in [0.25, 0.3) is 0 Å². The zero-order valence-electron chi connectivity index (χ0n) is 43.1. The van der Waals surface area contributed by atoms with Crippen molar-refractivity contribution in [3.05, 3.63) is 46.5 Å². The fourth-order valence-electron chi connectivity index (χ4n) is 8.72. The van der Waals surface area contributed by atoms with E-state index in [0.29, 0.717) is 74.1 Å². The molecule has 0 aromatic carbocycles. The Morgan fingerprint density at radius 3 is 0.679 bits per heavy atom. The molecule has 24 nitrogen and oxygen atoms in total. The first-order chi connectivity index (χ1) is 34.7. The number of thiophene rings is 4. The van der Waals surface area contributed by atoms with Gasteiger partial charge in [-0.3, -0.25) is 0 Å². The maximum absolute atomic E-state index is 12.2. The predicted octanol–water partition coefficient (Wildman–Crippen LogP) is 3.49. The van der Waals surface area contributed by atoms with E-state index in [0.717, 1.165) is 45.3 Å². The van der Waals surface area contributed by atoms with Crippen molar-refractivity contribution < 1.29 is 67.3 Å². The maximum Gasteiger partial charge on any atom is 0.247 e. The van der Waals surface area contributed by atoms with E-state index in [9.17, 15) is 67.3 Å². The van der Waals surface area contributed by atoms with Crippen LogP contribution in [-0.2, 0) is 79.4 Å². The quantitative estimate of drug-likeness (QED) is 0.0941. The third kappa shape index (κ3) is 15.5. The van der Waals surface area contributed by atoms with Crippen LogP contribution >= 0.6 is 81.7 Å². The first-order valence-electron chi connectivity index (χ1n) is 23.3. The molecule has 0 bridgehead atoms. The lowest BCUT2D eigenvalue weighted by molar-refractivity contribution is 0.477. The number of nitrogens with one attached hydrogen (secondary N) is 4. The Bertz CT molecular complexity index is 3270. The summed E-state index contributed by atoms with van der Waals surface area (Å²) < 4.78 is 189. The Kier molecular flexibility index (Phi) is 24.3. The Hall–Kier alpha value is -0.900. The van der Waals surface area contributed by atoms with E-state index >= 15 is 0 Å². The van der Waals surface area contributed by atoms with Crippen molar-refractivity contribution in [3.63, 3.8) is 0 Å². The van der Waals surface area contributed by atoms with Gasteiger partial charge in [-0.25, -0.2) is 87.9 Å². The lowest BCUT2D eigenvalue weighted by atomic mass is 10.1. The van der Waals surface area contributed by atoms with Crippen molar-refractivity contribution in [2.24, 2.45) is 20.6 Å². The number of hydrogen-bond donors (Lipinski definition) is 8. The van der Waals surface area contributed by atoms with E-state index in [1.807, 2.05) is 27.7 Å². The van der Waals surface area contributed by atoms with Crippen LogP contribution in [-0.4, -0.2) is 115 Å². The van der Waals surface area contributed by atoms with Gasteiger partial charge >= 0.3 is 0 Å². The molecule has 448 valence electrons. The number of primary sulfonamides is 4. The standard InChI is InChI=1S/4C10H16N2O4S3.ClH.HI/c4*1-3-12-8-4-6(2)18(13,14)10-7(8)5-9(17-10)19(11,15)16;;/h4*5-6,8,12H,3-4H2,1-2H3,(H2,11,15,16);2*1H/t3*6-,8-;;;/m000.../s1. The molecule has 2 unspecified atom stereocenters. The normalized spacial score (nSPS) is 25.4. The summed E-state index contributed by atoms with van der Waals surface area (Å²) in [6, 6.07) is 4.93. The molecule has 4 aromatic heterocycles. The largest absolute Gasteiger partial charge is 0.310 e. The molecule has 8 atom stereocenters. The van der Waals surface area contributed by atoms with E-state index in [4.69, 9.17) is 20.6 Å². The van der Waals surface area contributed by atoms with E-state index in [1.54, 1.807) is 27.7 Å². The molecule has 4 aliphatic heterocycles. The van der Waals surface area contributed by atoms with Crippen LogP contribution in [0.15, 0.2) is 57.9 Å². The topological polar surface area (TPSA) is 425 Å². The highest BCUT2D eigenvalue weighted by Crippen LogP contribution is 2.46. The SMILES string of the molecule is CCNC1CC(C)S(=O)(=O)c2sc(S(N)(=O)=O)cc21.CCN[C@H]1C[C@H](C)S(=O)(=O)c2sc(S(N)(=O)=O)cc21.CCN[C@H]1C[C@H](C)S(=O)(=O)c2sc(S(N)(=O)=O)cc21.CCN[C@H]1C[C@H](C)S(=O)(=O)c2sc(S(N)(=O)=O)cc21.Cl.I. The van der Waals surface area contributed by atoms with Crippen LogP contribution in [0.3, 0.4) is 0 Å². The van der Waals surface area contributed by atoms with Gasteiger partial charge in [-0.2, -0.15) is 0 Å². The Morgan fingerprint density at radius 2 is 0.551 bits per heavy atom. The fourth-order valence-corrected chi connectivity index (χ4v) is 26.4. The van der Waals surface area contributed by atoms with Gasteiger partial charge in [0.15, 0.2) is 39.3 Å². The summed E-state index contributed by atoms with van der Waals surface area (Å²) in [6.07, 6.45) is 1.74. The molecule has 8 rings (SSSR count). The summed E-state index contributed by atoms with van der Waals surface area (Å²) in [6.45, 7) is 16.9. The molecule has 0 spiro atoms. The molecule has 4 aliphatic rings. The minimum Gasteiger partial charge on any atom is -0.310 e. The van der Waals surface area contributed by atoms with Crippen LogP contribution in [0.1, 0.15) is 127 Å². The van der Waals surface area contributed by atoms with E-state index in [1.165, 1.54) is 24.3 Å². The minimum atomic E-state index is -3.88. The van der Waals surface area contributed by atoms with E-state index < -0.39 is 100 Å². The van der Waals surface area contributed by atoms with Gasteiger partial charge in [0.2, 0.25) is 40.1 Å². The molecule has 0 saturated carbocycles. The average molecular weight is 1460 g/mol. The predicted molar refractivity (Wildman–Crippen MR) is 316 cm³/mol. The van der Waals surface area contributed by atoms with Gasteiger partial charge < -0.3 is 21.3 Å². The summed E-state index contributed by atoms with van der Waals surface area (Å²) in [5.41, 5.74) is 2.09. The lowest BCUT2D eigenvalue weighted by Crippen LogP contribution is -2.33. The minimum absolute atomic E-state index is 0. The fraction of sp³-hybridized carbons (Fsp3) is 0.600. The van der Waals surface area contributed by atoms with Crippen LogP contribution in [0.25, 0.3) is 0 Å². The van der Waals surface area contributed by atoms with Crippen LogP contribution in [0, 0.1) is 0 Å². The average Bonchev–Trinajstić information content (AvgIpc) is 4.12. The third-order valence-corrected chi connectivity index (χ3v) is 33.9. The number of rotatable bonds is 12. The van der Waals surface area contributed by atoms with Crippen molar-refractivity contribution in [1.29, 1.82) is 0 Å². The number of fused-ring (bicyclic) bond motifs is 4. The zero-order chi connectivity index (χ0) is 57.7. The lowest BCUT2D eigenvalue weighted by Gasteiger charge is -2.27. The molecule has 0 radical (unpaired) electrons. The van der Waals surface area contributed by atoms with Gasteiger partial charge in [0, 0.05) is 46.4 Å². The Balaban J connectivity index is 0.000000271.